The molecule has 20 heavy (non-hydrogen) atoms. The Balaban J connectivity index is 1.62. The van der Waals surface area contributed by atoms with E-state index in [0.29, 0.717) is 5.92 Å². The number of nitrogens with zero attached hydrogens (tertiary/aromatic N) is 1. The van der Waals surface area contributed by atoms with E-state index in [1.807, 2.05) is 12.1 Å². The first-order chi connectivity index (χ1) is 9.74. The number of anilines is 2. The number of hydrogen-bond acceptors (Lipinski definition) is 2. The van der Waals surface area contributed by atoms with Gasteiger partial charge in [0.15, 0.2) is 0 Å². The predicted octanol–water partition coefficient (Wildman–Crippen LogP) is 3.83. The van der Waals surface area contributed by atoms with E-state index < -0.39 is 0 Å². The molecule has 0 fully saturated rings. The van der Waals surface area contributed by atoms with Crippen LogP contribution in [0.15, 0.2) is 48.5 Å². The fourth-order valence-corrected chi connectivity index (χ4v) is 2.98. The summed E-state index contributed by atoms with van der Waals surface area (Å²) in [6.07, 6.45) is 2.37. The molecule has 2 heteroatoms. The highest BCUT2D eigenvalue weighted by Gasteiger charge is 2.18. The lowest BCUT2D eigenvalue weighted by atomic mass is 9.97. The van der Waals surface area contributed by atoms with Gasteiger partial charge in [-0.2, -0.15) is 0 Å². The Morgan fingerprint density at radius 3 is 2.65 bits per heavy atom. The van der Waals surface area contributed by atoms with E-state index in [1.165, 1.54) is 29.7 Å². The van der Waals surface area contributed by atoms with Gasteiger partial charge in [0.25, 0.3) is 0 Å². The van der Waals surface area contributed by atoms with Crippen molar-refractivity contribution in [3.05, 3.63) is 59.7 Å². The summed E-state index contributed by atoms with van der Waals surface area (Å²) in [5.41, 5.74) is 10.9. The number of nitrogens with two attached hydrogens (primary N) is 1. The summed E-state index contributed by atoms with van der Waals surface area (Å²) < 4.78 is 0. The molecule has 0 radical (unpaired) electrons. The van der Waals surface area contributed by atoms with Gasteiger partial charge in [-0.15, -0.1) is 0 Å². The van der Waals surface area contributed by atoms with Crippen LogP contribution in [0.1, 0.15) is 30.4 Å². The molecule has 0 amide bonds. The Hall–Kier alpha value is -1.96. The summed E-state index contributed by atoms with van der Waals surface area (Å²) in [7, 11) is 0. The maximum Gasteiger partial charge on any atom is 0.0399 e. The van der Waals surface area contributed by atoms with Crippen molar-refractivity contribution in [1.29, 1.82) is 0 Å². The van der Waals surface area contributed by atoms with Crippen molar-refractivity contribution in [2.45, 2.75) is 25.7 Å². The predicted molar refractivity (Wildman–Crippen MR) is 86.2 cm³/mol. The molecular weight excluding hydrogens is 244 g/mol. The molecule has 1 aliphatic rings. The average Bonchev–Trinajstić information content (AvgIpc) is 2.89. The van der Waals surface area contributed by atoms with Crippen molar-refractivity contribution in [3.63, 3.8) is 0 Å². The monoisotopic (exact) mass is 266 g/mol. The standard InChI is InChI=1S/C18H22N2/c1-14(15-6-8-17(19)9-7-15)10-12-20-13-11-16-4-2-3-5-18(16)20/h2-9,14H,10-13,19H2,1H3. The highest BCUT2D eigenvalue weighted by atomic mass is 15.1. The second kappa shape index (κ2) is 5.58. The normalized spacial score (nSPS) is 15.2. The maximum atomic E-state index is 5.75. The quantitative estimate of drug-likeness (QED) is 0.852. The van der Waals surface area contributed by atoms with Gasteiger partial charge in [0.05, 0.1) is 0 Å². The molecule has 2 N–H and O–H groups in total. The molecule has 1 heterocycles. The van der Waals surface area contributed by atoms with Crippen molar-refractivity contribution < 1.29 is 0 Å². The van der Waals surface area contributed by atoms with Crippen molar-refractivity contribution >= 4 is 11.4 Å². The molecule has 3 rings (SSSR count). The molecular formula is C18H22N2. The number of fused-ring (bicyclic) bond motifs is 1. The van der Waals surface area contributed by atoms with Crippen molar-refractivity contribution in [3.8, 4) is 0 Å². The lowest BCUT2D eigenvalue weighted by Crippen LogP contribution is -2.22. The van der Waals surface area contributed by atoms with Crippen molar-refractivity contribution in [1.82, 2.24) is 0 Å². The summed E-state index contributed by atoms with van der Waals surface area (Å²) in [6, 6.07) is 17.1. The van der Waals surface area contributed by atoms with Crippen LogP contribution in [-0.4, -0.2) is 13.1 Å². The molecule has 2 aromatic rings. The SMILES string of the molecule is CC(CCN1CCc2ccccc21)c1ccc(N)cc1. The molecule has 0 aromatic heterocycles. The van der Waals surface area contributed by atoms with Crippen LogP contribution in [0.5, 0.6) is 0 Å². The molecule has 104 valence electrons. The van der Waals surface area contributed by atoms with Crippen molar-refractivity contribution in [2.24, 2.45) is 0 Å². The first kappa shape index (κ1) is 13.0. The smallest absolute Gasteiger partial charge is 0.0399 e. The lowest BCUT2D eigenvalue weighted by Gasteiger charge is -2.22. The molecule has 1 aliphatic heterocycles. The molecule has 2 aromatic carbocycles. The average molecular weight is 266 g/mol. The molecule has 0 aliphatic carbocycles. The van der Waals surface area contributed by atoms with Crippen LogP contribution in [0.2, 0.25) is 0 Å². The van der Waals surface area contributed by atoms with Crippen LogP contribution in [0.25, 0.3) is 0 Å². The van der Waals surface area contributed by atoms with Crippen LogP contribution < -0.4 is 10.6 Å². The Morgan fingerprint density at radius 2 is 1.85 bits per heavy atom. The first-order valence-electron chi connectivity index (χ1n) is 7.42. The molecule has 0 saturated carbocycles. The Labute approximate surface area is 121 Å². The second-order valence-corrected chi connectivity index (χ2v) is 5.72. The zero-order valence-electron chi connectivity index (χ0n) is 12.0. The van der Waals surface area contributed by atoms with Gasteiger partial charge < -0.3 is 10.6 Å². The summed E-state index contributed by atoms with van der Waals surface area (Å²) in [5.74, 6) is 0.573. The molecule has 2 nitrogen and oxygen atoms in total. The van der Waals surface area contributed by atoms with Crippen LogP contribution in [0, 0.1) is 0 Å². The molecule has 1 atom stereocenters. The van der Waals surface area contributed by atoms with E-state index in [4.69, 9.17) is 5.73 Å². The molecule has 0 spiro atoms. The third kappa shape index (κ3) is 2.64. The molecule has 0 bridgehead atoms. The van der Waals surface area contributed by atoms with E-state index >= 15 is 0 Å². The zero-order chi connectivity index (χ0) is 13.9. The Bertz CT molecular complexity index is 574. The number of nitrogen functional groups attached to an aromatic ring is 1. The molecule has 0 saturated heterocycles. The van der Waals surface area contributed by atoms with Crippen LogP contribution in [0.3, 0.4) is 0 Å². The van der Waals surface area contributed by atoms with Crippen LogP contribution in [0.4, 0.5) is 11.4 Å². The molecule has 1 unspecified atom stereocenters. The number of rotatable bonds is 4. The minimum absolute atomic E-state index is 0.573. The minimum Gasteiger partial charge on any atom is -0.399 e. The van der Waals surface area contributed by atoms with Crippen LogP contribution in [-0.2, 0) is 6.42 Å². The second-order valence-electron chi connectivity index (χ2n) is 5.72. The van der Waals surface area contributed by atoms with E-state index in [-0.39, 0.29) is 0 Å². The number of benzene rings is 2. The minimum atomic E-state index is 0.573. The largest absolute Gasteiger partial charge is 0.399 e. The van der Waals surface area contributed by atoms with Crippen LogP contribution >= 0.6 is 0 Å². The number of para-hydroxylation sites is 1. The van der Waals surface area contributed by atoms with Gasteiger partial charge in [-0.25, -0.2) is 0 Å². The van der Waals surface area contributed by atoms with Gasteiger partial charge in [0, 0.05) is 24.5 Å². The third-order valence-corrected chi connectivity index (χ3v) is 4.32. The first-order valence-corrected chi connectivity index (χ1v) is 7.42. The Morgan fingerprint density at radius 1 is 1.10 bits per heavy atom. The summed E-state index contributed by atoms with van der Waals surface area (Å²) >= 11 is 0. The summed E-state index contributed by atoms with van der Waals surface area (Å²) in [5, 5.41) is 0. The summed E-state index contributed by atoms with van der Waals surface area (Å²) in [4.78, 5) is 2.52. The van der Waals surface area contributed by atoms with E-state index in [2.05, 4.69) is 48.2 Å². The van der Waals surface area contributed by atoms with E-state index in [1.54, 1.807) is 0 Å². The fourth-order valence-electron chi connectivity index (χ4n) is 2.98. The van der Waals surface area contributed by atoms with E-state index in [9.17, 15) is 0 Å². The topological polar surface area (TPSA) is 29.3 Å². The van der Waals surface area contributed by atoms with E-state index in [0.717, 1.165) is 18.8 Å². The fraction of sp³-hybridized carbons (Fsp3) is 0.333. The van der Waals surface area contributed by atoms with Gasteiger partial charge in [-0.1, -0.05) is 37.3 Å². The van der Waals surface area contributed by atoms with Gasteiger partial charge in [0.2, 0.25) is 0 Å². The maximum absolute atomic E-state index is 5.75. The van der Waals surface area contributed by atoms with Gasteiger partial charge in [0.1, 0.15) is 0 Å². The highest BCUT2D eigenvalue weighted by Crippen LogP contribution is 2.29. The number of hydrogen-bond donors (Lipinski definition) is 1. The lowest BCUT2D eigenvalue weighted by molar-refractivity contribution is 0.657. The highest BCUT2D eigenvalue weighted by molar-refractivity contribution is 5.57. The van der Waals surface area contributed by atoms with Crippen molar-refractivity contribution in [2.75, 3.05) is 23.7 Å². The van der Waals surface area contributed by atoms with Gasteiger partial charge >= 0.3 is 0 Å². The van der Waals surface area contributed by atoms with Gasteiger partial charge in [-0.3, -0.25) is 0 Å². The zero-order valence-corrected chi connectivity index (χ0v) is 12.0. The Kier molecular flexibility index (Phi) is 3.64. The third-order valence-electron chi connectivity index (χ3n) is 4.32. The van der Waals surface area contributed by atoms with Gasteiger partial charge in [-0.05, 0) is 48.1 Å². The summed E-state index contributed by atoms with van der Waals surface area (Å²) in [6.45, 7) is 4.59.